The van der Waals surface area contributed by atoms with Crippen molar-refractivity contribution in [3.05, 3.63) is 35.9 Å². The van der Waals surface area contributed by atoms with Crippen molar-refractivity contribution < 1.29 is 17.7 Å². The van der Waals surface area contributed by atoms with E-state index in [1.54, 1.807) is 24.3 Å². The van der Waals surface area contributed by atoms with E-state index in [0.29, 0.717) is 42.4 Å². The Morgan fingerprint density at radius 1 is 1.19 bits per heavy atom. The molecule has 0 spiro atoms. The first-order chi connectivity index (χ1) is 15.0. The van der Waals surface area contributed by atoms with E-state index in [-0.39, 0.29) is 22.6 Å². The molecule has 0 fully saturated rings. The maximum absolute atomic E-state index is 12.8. The lowest BCUT2D eigenvalue weighted by Gasteiger charge is -2.18. The van der Waals surface area contributed by atoms with Crippen molar-refractivity contribution in [3.8, 4) is 0 Å². The molecule has 2 aromatic heterocycles. The van der Waals surface area contributed by atoms with Gasteiger partial charge >= 0.3 is 0 Å². The molecule has 0 saturated carbocycles. The Kier molecular flexibility index (Phi) is 6.75. The van der Waals surface area contributed by atoms with Crippen LogP contribution in [-0.2, 0) is 33.7 Å². The lowest BCUT2D eigenvalue weighted by atomic mass is 9.93. The number of nitrogens with zero attached hydrogens (tertiary/aromatic N) is 4. The molecule has 1 amide bonds. The van der Waals surface area contributed by atoms with Crippen molar-refractivity contribution in [1.82, 2.24) is 19.0 Å². The number of aromatic nitrogens is 3. The van der Waals surface area contributed by atoms with Crippen molar-refractivity contribution in [2.45, 2.75) is 57.8 Å². The molecule has 0 aliphatic heterocycles. The molecule has 1 N–H and O–H groups in total. The molecule has 0 saturated heterocycles. The fourth-order valence-electron chi connectivity index (χ4n) is 3.44. The van der Waals surface area contributed by atoms with Gasteiger partial charge in [0, 0.05) is 44.5 Å². The monoisotopic (exact) mass is 461 g/mol. The van der Waals surface area contributed by atoms with Crippen molar-refractivity contribution in [1.29, 1.82) is 0 Å². The number of amides is 1. The zero-order chi connectivity index (χ0) is 23.7. The van der Waals surface area contributed by atoms with Crippen LogP contribution >= 0.6 is 0 Å². The van der Waals surface area contributed by atoms with E-state index in [4.69, 9.17) is 4.52 Å². The number of imidazole rings is 1. The average Bonchev–Trinajstić information content (AvgIpc) is 3.31. The Bertz CT molecular complexity index is 1220. The van der Waals surface area contributed by atoms with Gasteiger partial charge in [0.1, 0.15) is 11.6 Å². The summed E-state index contributed by atoms with van der Waals surface area (Å²) in [4.78, 5) is 17.2. The highest BCUT2D eigenvalue weighted by atomic mass is 32.2. The summed E-state index contributed by atoms with van der Waals surface area (Å²) < 4.78 is 34.2. The largest absolute Gasteiger partial charge is 0.359 e. The zero-order valence-electron chi connectivity index (χ0n) is 19.5. The van der Waals surface area contributed by atoms with Gasteiger partial charge in [0.15, 0.2) is 5.82 Å². The molecule has 9 nitrogen and oxygen atoms in total. The molecule has 3 aromatic rings. The number of benzene rings is 1. The third-order valence-corrected chi connectivity index (χ3v) is 7.43. The van der Waals surface area contributed by atoms with Crippen molar-refractivity contribution in [3.63, 3.8) is 0 Å². The van der Waals surface area contributed by atoms with Crippen LogP contribution in [0.1, 0.15) is 52.6 Å². The van der Waals surface area contributed by atoms with Gasteiger partial charge in [-0.3, -0.25) is 4.79 Å². The molecule has 0 aliphatic rings. The molecule has 0 aliphatic carbocycles. The molecule has 0 atom stereocenters. The molecule has 1 aromatic carbocycles. The normalized spacial score (nSPS) is 12.6. The maximum atomic E-state index is 12.8. The fraction of sp³-hybridized carbons (Fsp3) is 0.500. The van der Waals surface area contributed by atoms with Gasteiger partial charge in [-0.2, -0.15) is 4.31 Å². The summed E-state index contributed by atoms with van der Waals surface area (Å²) in [6.45, 7) is 10.4. The predicted octanol–water partition coefficient (Wildman–Crippen LogP) is 3.46. The second-order valence-corrected chi connectivity index (χ2v) is 10.6. The minimum atomic E-state index is -3.56. The number of rotatable bonds is 8. The number of sulfonamides is 1. The topological polar surface area (TPSA) is 110 Å². The van der Waals surface area contributed by atoms with E-state index in [1.165, 1.54) is 4.31 Å². The van der Waals surface area contributed by atoms with Gasteiger partial charge in [-0.05, 0) is 18.2 Å². The van der Waals surface area contributed by atoms with Gasteiger partial charge in [0.25, 0.3) is 0 Å². The van der Waals surface area contributed by atoms with E-state index < -0.39 is 10.0 Å². The van der Waals surface area contributed by atoms with Crippen LogP contribution in [0.3, 0.4) is 0 Å². The first kappa shape index (κ1) is 23.9. The van der Waals surface area contributed by atoms with E-state index in [0.717, 1.165) is 5.52 Å². The van der Waals surface area contributed by atoms with Gasteiger partial charge in [-0.15, -0.1) is 0 Å². The number of carbonyl (C=O) groups excluding carboxylic acids is 1. The molecule has 32 heavy (non-hydrogen) atoms. The summed E-state index contributed by atoms with van der Waals surface area (Å²) in [7, 11) is -1.71. The maximum Gasteiger partial charge on any atom is 0.243 e. The molecular weight excluding hydrogens is 430 g/mol. The number of hydrogen-bond acceptors (Lipinski definition) is 6. The van der Waals surface area contributed by atoms with E-state index >= 15 is 0 Å². The number of nitrogens with one attached hydrogen (secondary N) is 1. The van der Waals surface area contributed by atoms with Crippen LogP contribution in [0.5, 0.6) is 0 Å². The lowest BCUT2D eigenvalue weighted by Crippen LogP contribution is -2.30. The number of aryl methyl sites for hydroxylation is 2. The summed E-state index contributed by atoms with van der Waals surface area (Å²) in [5, 5.41) is 6.65. The zero-order valence-corrected chi connectivity index (χ0v) is 20.3. The third-order valence-electron chi connectivity index (χ3n) is 5.38. The molecule has 3 rings (SSSR count). The van der Waals surface area contributed by atoms with Crippen LogP contribution in [0.15, 0.2) is 33.7 Å². The highest BCUT2D eigenvalue weighted by Gasteiger charge is 2.23. The van der Waals surface area contributed by atoms with Crippen molar-refractivity contribution >= 4 is 32.8 Å². The quantitative estimate of drug-likeness (QED) is 0.550. The van der Waals surface area contributed by atoms with Crippen molar-refractivity contribution in [2.75, 3.05) is 18.4 Å². The molecule has 10 heteroatoms. The van der Waals surface area contributed by atoms with Crippen LogP contribution in [0.25, 0.3) is 11.0 Å². The Labute approximate surface area is 188 Å². The number of carbonyl (C=O) groups is 1. The Hall–Kier alpha value is -2.72. The summed E-state index contributed by atoms with van der Waals surface area (Å²) in [6.07, 6.45) is 0.610. The average molecular weight is 462 g/mol. The van der Waals surface area contributed by atoms with E-state index in [1.807, 2.05) is 46.2 Å². The van der Waals surface area contributed by atoms with Crippen LogP contribution in [0, 0.1) is 0 Å². The SMILES string of the molecule is CCN(CC)S(=O)(=O)c1ccc2c(c1)nc(CCC(=O)Nc1cc(C(C)(C)C)on1)n2C. The van der Waals surface area contributed by atoms with Crippen LogP contribution in [0.2, 0.25) is 0 Å². The van der Waals surface area contributed by atoms with Gasteiger partial charge in [0.2, 0.25) is 15.9 Å². The Morgan fingerprint density at radius 3 is 2.47 bits per heavy atom. The minimum Gasteiger partial charge on any atom is -0.359 e. The second-order valence-electron chi connectivity index (χ2n) is 8.70. The smallest absolute Gasteiger partial charge is 0.243 e. The molecular formula is C22H31N5O4S. The van der Waals surface area contributed by atoms with Gasteiger partial charge in [-0.25, -0.2) is 13.4 Å². The number of hydrogen-bond donors (Lipinski definition) is 1. The van der Waals surface area contributed by atoms with Crippen LogP contribution in [0.4, 0.5) is 5.82 Å². The minimum absolute atomic E-state index is 0.194. The Morgan fingerprint density at radius 2 is 1.88 bits per heavy atom. The summed E-state index contributed by atoms with van der Waals surface area (Å²) in [5.41, 5.74) is 1.20. The summed E-state index contributed by atoms with van der Waals surface area (Å²) in [5.74, 6) is 1.58. The van der Waals surface area contributed by atoms with Crippen molar-refractivity contribution in [2.24, 2.45) is 7.05 Å². The molecule has 0 bridgehead atoms. The number of fused-ring (bicyclic) bond motifs is 1. The molecule has 2 heterocycles. The third kappa shape index (κ3) is 4.86. The fourth-order valence-corrected chi connectivity index (χ4v) is 4.92. The highest BCUT2D eigenvalue weighted by Crippen LogP contribution is 2.25. The lowest BCUT2D eigenvalue weighted by molar-refractivity contribution is -0.116. The van der Waals surface area contributed by atoms with E-state index in [2.05, 4.69) is 15.5 Å². The number of anilines is 1. The standard InChI is InChI=1S/C22H31N5O4S/c1-7-27(8-2)32(29,30)15-9-10-17-16(13-15)23-20(26(17)6)11-12-21(28)24-19-14-18(31-25-19)22(3,4)5/h9-10,13-14H,7-8,11-12H2,1-6H3,(H,24,25,28). The van der Waals surface area contributed by atoms with Gasteiger partial charge < -0.3 is 14.4 Å². The molecule has 0 radical (unpaired) electrons. The van der Waals surface area contributed by atoms with E-state index in [9.17, 15) is 13.2 Å². The first-order valence-electron chi connectivity index (χ1n) is 10.7. The summed E-state index contributed by atoms with van der Waals surface area (Å²) in [6, 6.07) is 6.68. The van der Waals surface area contributed by atoms with Gasteiger partial charge in [0.05, 0.1) is 15.9 Å². The summed E-state index contributed by atoms with van der Waals surface area (Å²) >= 11 is 0. The highest BCUT2D eigenvalue weighted by molar-refractivity contribution is 7.89. The second kappa shape index (κ2) is 9.03. The first-order valence-corrected chi connectivity index (χ1v) is 12.1. The predicted molar refractivity (Wildman–Crippen MR) is 123 cm³/mol. The van der Waals surface area contributed by atoms with Gasteiger partial charge in [-0.1, -0.05) is 39.8 Å². The van der Waals surface area contributed by atoms with Crippen LogP contribution < -0.4 is 5.32 Å². The van der Waals surface area contributed by atoms with Crippen LogP contribution in [-0.4, -0.2) is 46.4 Å². The Balaban J connectivity index is 1.73. The molecule has 0 unspecified atom stereocenters. The molecule has 174 valence electrons.